The van der Waals surface area contributed by atoms with E-state index in [1.807, 2.05) is 0 Å². The van der Waals surface area contributed by atoms with Gasteiger partial charge in [0.05, 0.1) is 6.54 Å². The summed E-state index contributed by atoms with van der Waals surface area (Å²) in [5.74, 6) is 0. The van der Waals surface area contributed by atoms with Crippen molar-refractivity contribution in [2.45, 2.75) is 25.7 Å². The molecule has 1 aliphatic heterocycles. The molecule has 0 saturated carbocycles. The van der Waals surface area contributed by atoms with Crippen molar-refractivity contribution >= 4 is 0 Å². The molecule has 0 bridgehead atoms. The SMILES string of the molecule is FC(F)CNCCCN1CCCC1. The Kier molecular flexibility index (Phi) is 5.23. The molecule has 0 radical (unpaired) electrons. The van der Waals surface area contributed by atoms with Gasteiger partial charge in [-0.3, -0.25) is 0 Å². The van der Waals surface area contributed by atoms with Gasteiger partial charge in [-0.1, -0.05) is 0 Å². The summed E-state index contributed by atoms with van der Waals surface area (Å²) >= 11 is 0. The summed E-state index contributed by atoms with van der Waals surface area (Å²) in [4.78, 5) is 2.39. The van der Waals surface area contributed by atoms with Gasteiger partial charge in [0.2, 0.25) is 0 Å². The van der Waals surface area contributed by atoms with E-state index in [0.717, 1.165) is 13.0 Å². The molecule has 0 aliphatic carbocycles. The zero-order valence-corrected chi connectivity index (χ0v) is 7.94. The first-order chi connectivity index (χ1) is 6.29. The van der Waals surface area contributed by atoms with E-state index in [-0.39, 0.29) is 6.54 Å². The van der Waals surface area contributed by atoms with Crippen LogP contribution < -0.4 is 5.32 Å². The molecule has 13 heavy (non-hydrogen) atoms. The van der Waals surface area contributed by atoms with Crippen molar-refractivity contribution in [1.82, 2.24) is 10.2 Å². The van der Waals surface area contributed by atoms with Gasteiger partial charge in [-0.25, -0.2) is 8.78 Å². The first-order valence-corrected chi connectivity index (χ1v) is 5.00. The highest BCUT2D eigenvalue weighted by Gasteiger charge is 2.10. The van der Waals surface area contributed by atoms with E-state index in [0.29, 0.717) is 6.54 Å². The summed E-state index contributed by atoms with van der Waals surface area (Å²) < 4.78 is 23.4. The number of hydrogen-bond donors (Lipinski definition) is 1. The molecule has 0 spiro atoms. The zero-order valence-electron chi connectivity index (χ0n) is 7.94. The number of likely N-dealkylation sites (tertiary alicyclic amines) is 1. The quantitative estimate of drug-likeness (QED) is 0.639. The lowest BCUT2D eigenvalue weighted by atomic mass is 10.4. The molecular formula is C9H18F2N2. The van der Waals surface area contributed by atoms with Crippen molar-refractivity contribution in [3.63, 3.8) is 0 Å². The second kappa shape index (κ2) is 6.27. The van der Waals surface area contributed by atoms with Gasteiger partial charge in [-0.05, 0) is 45.4 Å². The molecule has 1 aliphatic rings. The smallest absolute Gasteiger partial charge is 0.250 e. The Morgan fingerprint density at radius 3 is 2.54 bits per heavy atom. The molecule has 1 heterocycles. The molecule has 0 aromatic rings. The van der Waals surface area contributed by atoms with Crippen LogP contribution in [0.3, 0.4) is 0 Å². The maximum atomic E-state index is 11.7. The first kappa shape index (κ1) is 10.9. The van der Waals surface area contributed by atoms with Gasteiger partial charge in [-0.2, -0.15) is 0 Å². The minimum atomic E-state index is -2.22. The van der Waals surface area contributed by atoms with Crippen molar-refractivity contribution in [2.24, 2.45) is 0 Å². The van der Waals surface area contributed by atoms with Gasteiger partial charge >= 0.3 is 0 Å². The fourth-order valence-electron chi connectivity index (χ4n) is 1.65. The van der Waals surface area contributed by atoms with Crippen LogP contribution in [-0.2, 0) is 0 Å². The summed E-state index contributed by atoms with van der Waals surface area (Å²) in [6.45, 7) is 3.97. The Morgan fingerprint density at radius 2 is 1.92 bits per heavy atom. The largest absolute Gasteiger partial charge is 0.311 e. The van der Waals surface area contributed by atoms with E-state index in [9.17, 15) is 8.78 Å². The lowest BCUT2D eigenvalue weighted by molar-refractivity contribution is 0.145. The average Bonchev–Trinajstić information content (AvgIpc) is 2.55. The van der Waals surface area contributed by atoms with Crippen molar-refractivity contribution in [3.8, 4) is 0 Å². The number of nitrogens with one attached hydrogen (secondary N) is 1. The lowest BCUT2D eigenvalue weighted by Gasteiger charge is -2.14. The third kappa shape index (κ3) is 5.16. The van der Waals surface area contributed by atoms with E-state index in [4.69, 9.17) is 0 Å². The Balaban J connectivity index is 1.83. The van der Waals surface area contributed by atoms with E-state index in [1.165, 1.54) is 25.9 Å². The molecule has 1 N–H and O–H groups in total. The zero-order chi connectivity index (χ0) is 9.52. The third-order valence-corrected chi connectivity index (χ3v) is 2.33. The van der Waals surface area contributed by atoms with Crippen LogP contribution >= 0.6 is 0 Å². The molecule has 2 nitrogen and oxygen atoms in total. The second-order valence-electron chi connectivity index (χ2n) is 3.50. The Labute approximate surface area is 78.3 Å². The highest BCUT2D eigenvalue weighted by molar-refractivity contribution is 4.66. The van der Waals surface area contributed by atoms with Crippen molar-refractivity contribution in [2.75, 3.05) is 32.7 Å². The predicted octanol–water partition coefficient (Wildman–Crippen LogP) is 1.33. The highest BCUT2D eigenvalue weighted by atomic mass is 19.3. The molecule has 1 fully saturated rings. The monoisotopic (exact) mass is 192 g/mol. The van der Waals surface area contributed by atoms with Crippen LogP contribution in [0.15, 0.2) is 0 Å². The van der Waals surface area contributed by atoms with Crippen LogP contribution in [0.25, 0.3) is 0 Å². The molecule has 0 unspecified atom stereocenters. The van der Waals surface area contributed by atoms with Gasteiger partial charge < -0.3 is 10.2 Å². The van der Waals surface area contributed by atoms with Crippen molar-refractivity contribution in [3.05, 3.63) is 0 Å². The fraction of sp³-hybridized carbons (Fsp3) is 1.00. The summed E-state index contributed by atoms with van der Waals surface area (Å²) in [5, 5.41) is 2.73. The first-order valence-electron chi connectivity index (χ1n) is 5.00. The molecule has 0 aromatic carbocycles. The van der Waals surface area contributed by atoms with Gasteiger partial charge in [0.15, 0.2) is 0 Å². The normalized spacial score (nSPS) is 18.7. The van der Waals surface area contributed by atoms with E-state index >= 15 is 0 Å². The molecule has 0 atom stereocenters. The van der Waals surface area contributed by atoms with Crippen LogP contribution in [0, 0.1) is 0 Å². The number of nitrogens with zero attached hydrogens (tertiary/aromatic N) is 1. The average molecular weight is 192 g/mol. The molecular weight excluding hydrogens is 174 g/mol. The maximum absolute atomic E-state index is 11.7. The summed E-state index contributed by atoms with van der Waals surface area (Å²) in [6, 6.07) is 0. The van der Waals surface area contributed by atoms with Crippen molar-refractivity contribution in [1.29, 1.82) is 0 Å². The number of rotatable bonds is 6. The standard InChI is InChI=1S/C9H18F2N2/c10-9(11)8-12-4-3-7-13-5-1-2-6-13/h9,12H,1-8H2. The molecule has 1 rings (SSSR count). The third-order valence-electron chi connectivity index (χ3n) is 2.33. The predicted molar refractivity (Wildman–Crippen MR) is 49.2 cm³/mol. The van der Waals surface area contributed by atoms with Crippen LogP contribution in [-0.4, -0.2) is 44.0 Å². The van der Waals surface area contributed by atoms with E-state index in [1.54, 1.807) is 0 Å². The highest BCUT2D eigenvalue weighted by Crippen LogP contribution is 2.06. The van der Waals surface area contributed by atoms with E-state index < -0.39 is 6.43 Å². The maximum Gasteiger partial charge on any atom is 0.250 e. The van der Waals surface area contributed by atoms with Gasteiger partial charge in [0.1, 0.15) is 0 Å². The summed E-state index contributed by atoms with van der Waals surface area (Å²) in [6.07, 6.45) is 1.36. The molecule has 1 saturated heterocycles. The molecule has 0 amide bonds. The Hall–Kier alpha value is -0.220. The Morgan fingerprint density at radius 1 is 1.23 bits per heavy atom. The van der Waals surface area contributed by atoms with Gasteiger partial charge in [0, 0.05) is 0 Å². The van der Waals surface area contributed by atoms with Crippen LogP contribution in [0.1, 0.15) is 19.3 Å². The van der Waals surface area contributed by atoms with E-state index in [2.05, 4.69) is 10.2 Å². The topological polar surface area (TPSA) is 15.3 Å². The summed E-state index contributed by atoms with van der Waals surface area (Å²) in [5.41, 5.74) is 0. The minimum absolute atomic E-state index is 0.167. The van der Waals surface area contributed by atoms with Crippen LogP contribution in [0.5, 0.6) is 0 Å². The van der Waals surface area contributed by atoms with Gasteiger partial charge in [-0.15, -0.1) is 0 Å². The molecule has 0 aromatic heterocycles. The Bertz CT molecular complexity index is 125. The number of halogens is 2. The number of alkyl halides is 2. The van der Waals surface area contributed by atoms with Crippen LogP contribution in [0.4, 0.5) is 8.78 Å². The number of hydrogen-bond acceptors (Lipinski definition) is 2. The molecule has 78 valence electrons. The lowest BCUT2D eigenvalue weighted by Crippen LogP contribution is -2.27. The molecule has 4 heteroatoms. The van der Waals surface area contributed by atoms with Crippen molar-refractivity contribution < 1.29 is 8.78 Å². The van der Waals surface area contributed by atoms with Gasteiger partial charge in [0.25, 0.3) is 6.43 Å². The minimum Gasteiger partial charge on any atom is -0.311 e. The fourth-order valence-corrected chi connectivity index (χ4v) is 1.65. The van der Waals surface area contributed by atoms with Crippen LogP contribution in [0.2, 0.25) is 0 Å². The summed E-state index contributed by atoms with van der Waals surface area (Å²) in [7, 11) is 0. The second-order valence-corrected chi connectivity index (χ2v) is 3.50.